The maximum Gasteiger partial charge on any atom is 0.150 e. The molecule has 7 rings (SSSR count). The number of rotatable bonds is 4. The zero-order chi connectivity index (χ0) is 28.8. The van der Waals surface area contributed by atoms with Crippen molar-refractivity contribution in [2.24, 2.45) is 5.92 Å². The van der Waals surface area contributed by atoms with Crippen LogP contribution in [0.5, 0.6) is 0 Å². The Morgan fingerprint density at radius 1 is 0.976 bits per heavy atom. The van der Waals surface area contributed by atoms with E-state index in [0.717, 1.165) is 58.0 Å². The largest absolute Gasteiger partial charge is 0.382 e. The number of aromatic nitrogens is 4. The minimum absolute atomic E-state index is 0.480. The molecule has 2 aliphatic rings. The molecule has 2 N–H and O–H groups in total. The van der Waals surface area contributed by atoms with E-state index in [1.807, 2.05) is 56.5 Å². The van der Waals surface area contributed by atoms with Gasteiger partial charge in [-0.1, -0.05) is 100 Å². The lowest BCUT2D eigenvalue weighted by Gasteiger charge is -2.31. The van der Waals surface area contributed by atoms with Crippen molar-refractivity contribution in [3.8, 4) is 11.3 Å². The normalized spacial score (nSPS) is 17.5. The van der Waals surface area contributed by atoms with Crippen LogP contribution in [0.2, 0.25) is 0 Å². The molecule has 5 heteroatoms. The second-order valence-electron chi connectivity index (χ2n) is 10.5. The van der Waals surface area contributed by atoms with Crippen LogP contribution in [0.3, 0.4) is 0 Å². The fourth-order valence-electron chi connectivity index (χ4n) is 5.51. The topological polar surface area (TPSA) is 69.1 Å². The van der Waals surface area contributed by atoms with Crippen molar-refractivity contribution in [1.29, 1.82) is 0 Å². The van der Waals surface area contributed by atoms with Crippen molar-refractivity contribution < 1.29 is 0 Å². The summed E-state index contributed by atoms with van der Waals surface area (Å²) in [7, 11) is 0. The summed E-state index contributed by atoms with van der Waals surface area (Å²) in [6.07, 6.45) is 16.7. The second-order valence-corrected chi connectivity index (χ2v) is 10.5. The quantitative estimate of drug-likeness (QED) is 0.246. The number of fused-ring (bicyclic) bond motifs is 2. The van der Waals surface area contributed by atoms with Gasteiger partial charge < -0.3 is 5.73 Å². The first kappa shape index (κ1) is 28.0. The van der Waals surface area contributed by atoms with Crippen LogP contribution in [0.4, 0.5) is 5.82 Å². The highest BCUT2D eigenvalue weighted by atomic mass is 15.1. The van der Waals surface area contributed by atoms with Gasteiger partial charge in [0.2, 0.25) is 0 Å². The standard InChI is InChI=1S/C26H25N5.C8H8.C2H6/c1-16-13-20(14-16)26-30-23(24-25(27)28-11-12-31(24)26)19-8-7-18-9-10-21(29-22(18)15-19)17-5-3-2-4-6-17;1-2-8-6-4-3-5-7-8;1-2/h3,5-12,15-16,20H,2,4,13-14H2,1H3,(H2,27,28);2-7H,1H2;1-2H3. The van der Waals surface area contributed by atoms with Gasteiger partial charge in [0.1, 0.15) is 22.9 Å². The Bertz CT molecular complexity index is 1700. The fraction of sp³-hybridized carbons (Fsp3) is 0.250. The number of hydrogen-bond donors (Lipinski definition) is 1. The third-order valence-electron chi connectivity index (χ3n) is 7.64. The lowest BCUT2D eigenvalue weighted by molar-refractivity contribution is 0.277. The van der Waals surface area contributed by atoms with Gasteiger partial charge >= 0.3 is 0 Å². The molecule has 208 valence electrons. The van der Waals surface area contributed by atoms with E-state index in [9.17, 15) is 0 Å². The van der Waals surface area contributed by atoms with E-state index in [1.54, 1.807) is 6.20 Å². The van der Waals surface area contributed by atoms with E-state index < -0.39 is 0 Å². The lowest BCUT2D eigenvalue weighted by atomic mass is 9.76. The van der Waals surface area contributed by atoms with Gasteiger partial charge in [-0.3, -0.25) is 4.40 Å². The maximum absolute atomic E-state index is 6.33. The molecule has 0 radical (unpaired) electrons. The smallest absolute Gasteiger partial charge is 0.150 e. The van der Waals surface area contributed by atoms with Gasteiger partial charge in [0, 0.05) is 29.3 Å². The third-order valence-corrected chi connectivity index (χ3v) is 7.64. The molecule has 0 amide bonds. The number of anilines is 1. The van der Waals surface area contributed by atoms with Crippen molar-refractivity contribution in [3.63, 3.8) is 0 Å². The summed E-state index contributed by atoms with van der Waals surface area (Å²) in [5, 5.41) is 1.12. The van der Waals surface area contributed by atoms with Gasteiger partial charge in [0.25, 0.3) is 0 Å². The molecule has 3 aromatic heterocycles. The van der Waals surface area contributed by atoms with E-state index in [2.05, 4.69) is 71.4 Å². The summed E-state index contributed by atoms with van der Waals surface area (Å²) in [6, 6.07) is 20.6. The summed E-state index contributed by atoms with van der Waals surface area (Å²) in [6.45, 7) is 9.93. The summed E-state index contributed by atoms with van der Waals surface area (Å²) >= 11 is 0. The van der Waals surface area contributed by atoms with Crippen molar-refractivity contribution >= 4 is 33.9 Å². The molecule has 5 aromatic rings. The van der Waals surface area contributed by atoms with Gasteiger partial charge in [0.05, 0.1) is 11.2 Å². The number of nitrogen functional groups attached to an aromatic ring is 1. The van der Waals surface area contributed by atoms with Crippen LogP contribution in [0.15, 0.2) is 97.9 Å². The van der Waals surface area contributed by atoms with Crippen LogP contribution in [-0.2, 0) is 0 Å². The van der Waals surface area contributed by atoms with Crippen molar-refractivity contribution in [2.75, 3.05) is 5.73 Å². The Kier molecular flexibility index (Phi) is 8.73. The molecule has 1 saturated carbocycles. The number of nitrogens with two attached hydrogens (primary N) is 1. The zero-order valence-corrected chi connectivity index (χ0v) is 24.3. The average molecular weight is 542 g/mol. The summed E-state index contributed by atoms with van der Waals surface area (Å²) in [4.78, 5) is 14.4. The Balaban J connectivity index is 0.000000290. The Morgan fingerprint density at radius 3 is 2.44 bits per heavy atom. The van der Waals surface area contributed by atoms with E-state index in [-0.39, 0.29) is 0 Å². The molecule has 0 unspecified atom stereocenters. The fourth-order valence-corrected chi connectivity index (χ4v) is 5.51. The first-order valence-electron chi connectivity index (χ1n) is 14.7. The van der Waals surface area contributed by atoms with E-state index >= 15 is 0 Å². The molecule has 0 atom stereocenters. The molecule has 0 aliphatic heterocycles. The highest BCUT2D eigenvalue weighted by Gasteiger charge is 2.31. The number of allylic oxidation sites excluding steroid dienone is 4. The van der Waals surface area contributed by atoms with Gasteiger partial charge in [-0.05, 0) is 54.9 Å². The van der Waals surface area contributed by atoms with Crippen LogP contribution < -0.4 is 5.73 Å². The molecular formula is C36H39N5. The molecule has 1 fully saturated rings. The molecule has 5 nitrogen and oxygen atoms in total. The number of hydrogen-bond acceptors (Lipinski definition) is 4. The molecular weight excluding hydrogens is 502 g/mol. The summed E-state index contributed by atoms with van der Waals surface area (Å²) in [5.41, 5.74) is 13.5. The molecule has 2 aromatic carbocycles. The van der Waals surface area contributed by atoms with Crippen LogP contribution in [0.1, 0.15) is 69.5 Å². The minimum atomic E-state index is 0.480. The lowest BCUT2D eigenvalue weighted by Crippen LogP contribution is -2.21. The Morgan fingerprint density at radius 2 is 1.76 bits per heavy atom. The zero-order valence-electron chi connectivity index (χ0n) is 24.3. The molecule has 0 saturated heterocycles. The van der Waals surface area contributed by atoms with Crippen LogP contribution in [0, 0.1) is 5.92 Å². The predicted octanol–water partition coefficient (Wildman–Crippen LogP) is 9.13. The molecule has 2 aliphatic carbocycles. The molecule has 3 heterocycles. The minimum Gasteiger partial charge on any atom is -0.382 e. The number of imidazole rings is 1. The van der Waals surface area contributed by atoms with Gasteiger partial charge in [-0.2, -0.15) is 0 Å². The monoisotopic (exact) mass is 541 g/mol. The maximum atomic E-state index is 6.33. The van der Waals surface area contributed by atoms with Gasteiger partial charge in [-0.25, -0.2) is 15.0 Å². The van der Waals surface area contributed by atoms with Gasteiger partial charge in [0.15, 0.2) is 0 Å². The Hall–Kier alpha value is -4.51. The SMILES string of the molecule is C=Cc1ccccc1.CC.CC1CC(c2nc(-c3ccc4ccc(C5=CCCC=C5)nc4c3)c3c(N)nccn23)C1. The van der Waals surface area contributed by atoms with E-state index in [0.29, 0.717) is 11.7 Å². The molecule has 0 spiro atoms. The van der Waals surface area contributed by atoms with Crippen LogP contribution >= 0.6 is 0 Å². The van der Waals surface area contributed by atoms with E-state index in [4.69, 9.17) is 15.7 Å². The first-order chi connectivity index (χ1) is 20.1. The van der Waals surface area contributed by atoms with Crippen LogP contribution in [-0.4, -0.2) is 19.4 Å². The predicted molar refractivity (Wildman–Crippen MR) is 174 cm³/mol. The summed E-state index contributed by atoms with van der Waals surface area (Å²) in [5.74, 6) is 2.85. The van der Waals surface area contributed by atoms with Crippen molar-refractivity contribution in [3.05, 3.63) is 115 Å². The number of nitrogens with zero attached hydrogens (tertiary/aromatic N) is 4. The highest BCUT2D eigenvalue weighted by Crippen LogP contribution is 2.43. The van der Waals surface area contributed by atoms with Gasteiger partial charge in [-0.15, -0.1) is 0 Å². The Labute approximate surface area is 243 Å². The number of pyridine rings is 1. The van der Waals surface area contributed by atoms with Crippen molar-refractivity contribution in [1.82, 2.24) is 19.4 Å². The number of benzene rings is 2. The average Bonchev–Trinajstić information content (AvgIpc) is 3.41. The highest BCUT2D eigenvalue weighted by molar-refractivity contribution is 5.91. The van der Waals surface area contributed by atoms with Crippen LogP contribution in [0.25, 0.3) is 39.3 Å². The van der Waals surface area contributed by atoms with E-state index in [1.165, 1.54) is 24.0 Å². The molecule has 0 bridgehead atoms. The molecule has 41 heavy (non-hydrogen) atoms. The first-order valence-corrected chi connectivity index (χ1v) is 14.7. The third kappa shape index (κ3) is 5.99. The second kappa shape index (κ2) is 12.8. The summed E-state index contributed by atoms with van der Waals surface area (Å²) < 4.78 is 2.14. The van der Waals surface area contributed by atoms with Crippen molar-refractivity contribution in [2.45, 2.75) is 52.4 Å².